The second-order valence-electron chi connectivity index (χ2n) is 11.3. The normalized spacial score (nSPS) is 21.6. The van der Waals surface area contributed by atoms with E-state index in [4.69, 9.17) is 39.5 Å². The lowest BCUT2D eigenvalue weighted by atomic mass is 9.84. The number of halogens is 3. The van der Waals surface area contributed by atoms with Crippen molar-refractivity contribution in [3.05, 3.63) is 68.7 Å². The molecule has 210 valence electrons. The number of rotatable bonds is 4. The number of hydrogen-bond acceptors (Lipinski definition) is 4. The third-order valence-corrected chi connectivity index (χ3v) is 8.35. The largest absolute Gasteiger partial charge is 0.444 e. The summed E-state index contributed by atoms with van der Waals surface area (Å²) in [6, 6.07) is 12.1. The summed E-state index contributed by atoms with van der Waals surface area (Å²) in [4.78, 5) is 44.7. The zero-order chi connectivity index (χ0) is 28.5. The molecule has 0 aromatic heterocycles. The molecular weight excluding hydrogens is 561 g/mol. The predicted octanol–water partition coefficient (Wildman–Crippen LogP) is 6.36. The van der Waals surface area contributed by atoms with Gasteiger partial charge in [-0.1, -0.05) is 40.9 Å². The summed E-state index contributed by atoms with van der Waals surface area (Å²) in [7, 11) is 1.79. The minimum Gasteiger partial charge on any atom is -0.444 e. The van der Waals surface area contributed by atoms with Gasteiger partial charge in [-0.25, -0.2) is 4.79 Å². The zero-order valence-electron chi connectivity index (χ0n) is 22.6. The van der Waals surface area contributed by atoms with Crippen LogP contribution in [0.2, 0.25) is 15.1 Å². The third-order valence-electron chi connectivity index (χ3n) is 7.36. The molecule has 39 heavy (non-hydrogen) atoms. The molecule has 2 aliphatic rings. The van der Waals surface area contributed by atoms with Crippen LogP contribution in [0, 0.1) is 5.92 Å². The quantitative estimate of drug-likeness (QED) is 0.413. The van der Waals surface area contributed by atoms with Crippen molar-refractivity contribution in [3.8, 4) is 0 Å². The molecule has 3 amide bonds. The lowest BCUT2D eigenvalue weighted by Gasteiger charge is -2.43. The van der Waals surface area contributed by atoms with E-state index < -0.39 is 11.7 Å². The van der Waals surface area contributed by atoms with Crippen LogP contribution in [0.1, 0.15) is 55.5 Å². The molecule has 2 aromatic carbocycles. The van der Waals surface area contributed by atoms with E-state index in [2.05, 4.69) is 0 Å². The van der Waals surface area contributed by atoms with Crippen molar-refractivity contribution in [3.63, 3.8) is 0 Å². The van der Waals surface area contributed by atoms with Gasteiger partial charge in [0.1, 0.15) is 5.60 Å². The Kier molecular flexibility index (Phi) is 9.04. The Morgan fingerprint density at radius 2 is 1.56 bits per heavy atom. The fourth-order valence-corrected chi connectivity index (χ4v) is 5.77. The Hall–Kier alpha value is -2.48. The van der Waals surface area contributed by atoms with Crippen LogP contribution >= 0.6 is 34.8 Å². The summed E-state index contributed by atoms with van der Waals surface area (Å²) in [5.41, 5.74) is 0.856. The molecule has 0 N–H and O–H groups in total. The zero-order valence-corrected chi connectivity index (χ0v) is 24.9. The molecule has 2 fully saturated rings. The van der Waals surface area contributed by atoms with E-state index in [1.807, 2.05) is 37.8 Å². The van der Waals surface area contributed by atoms with E-state index in [0.717, 1.165) is 5.56 Å². The molecule has 1 unspecified atom stereocenters. The lowest BCUT2D eigenvalue weighted by Crippen LogP contribution is -2.53. The maximum Gasteiger partial charge on any atom is 0.410 e. The highest BCUT2D eigenvalue weighted by Gasteiger charge is 2.41. The van der Waals surface area contributed by atoms with Crippen LogP contribution in [0.3, 0.4) is 0 Å². The summed E-state index contributed by atoms with van der Waals surface area (Å²) in [6.45, 7) is 7.21. The van der Waals surface area contributed by atoms with E-state index in [1.165, 1.54) is 0 Å². The summed E-state index contributed by atoms with van der Waals surface area (Å²) in [5.74, 6) is -0.583. The van der Waals surface area contributed by atoms with Crippen LogP contribution in [0.15, 0.2) is 42.5 Å². The maximum absolute atomic E-state index is 13.6. The maximum atomic E-state index is 13.6. The molecule has 0 saturated carbocycles. The van der Waals surface area contributed by atoms with Gasteiger partial charge in [0.05, 0.1) is 16.0 Å². The second-order valence-corrected chi connectivity index (χ2v) is 12.5. The van der Waals surface area contributed by atoms with E-state index >= 15 is 0 Å². The van der Waals surface area contributed by atoms with Crippen LogP contribution in [-0.2, 0) is 9.53 Å². The first kappa shape index (κ1) is 29.5. The molecule has 7 nitrogen and oxygen atoms in total. The van der Waals surface area contributed by atoms with E-state index in [1.54, 1.807) is 47.2 Å². The third kappa shape index (κ3) is 7.00. The first-order valence-corrected chi connectivity index (χ1v) is 14.2. The minimum absolute atomic E-state index is 0.0104. The molecule has 4 rings (SSSR count). The minimum atomic E-state index is -0.594. The Morgan fingerprint density at radius 3 is 2.21 bits per heavy atom. The van der Waals surface area contributed by atoms with Gasteiger partial charge >= 0.3 is 6.09 Å². The van der Waals surface area contributed by atoms with Crippen LogP contribution in [0.25, 0.3) is 0 Å². The molecule has 2 saturated heterocycles. The fraction of sp³-hybridized carbons (Fsp3) is 0.483. The van der Waals surface area contributed by atoms with Gasteiger partial charge in [0.15, 0.2) is 0 Å². The molecule has 2 aromatic rings. The molecule has 0 spiro atoms. The van der Waals surface area contributed by atoms with Crippen LogP contribution in [0.4, 0.5) is 4.79 Å². The Morgan fingerprint density at radius 1 is 0.897 bits per heavy atom. The van der Waals surface area contributed by atoms with Gasteiger partial charge in [-0.15, -0.1) is 0 Å². The first-order valence-electron chi connectivity index (χ1n) is 13.1. The molecule has 0 bridgehead atoms. The van der Waals surface area contributed by atoms with Crippen LogP contribution < -0.4 is 0 Å². The van der Waals surface area contributed by atoms with Crippen molar-refractivity contribution in [2.45, 2.75) is 51.2 Å². The average Bonchev–Trinajstić information content (AvgIpc) is 3.39. The highest BCUT2D eigenvalue weighted by Crippen LogP contribution is 2.35. The molecule has 2 heterocycles. The number of hydrogen-bond donors (Lipinski definition) is 0. The topological polar surface area (TPSA) is 70.2 Å². The van der Waals surface area contributed by atoms with Crippen molar-refractivity contribution in [1.82, 2.24) is 14.7 Å². The smallest absolute Gasteiger partial charge is 0.410 e. The average molecular weight is 595 g/mol. The van der Waals surface area contributed by atoms with Crippen molar-refractivity contribution < 1.29 is 19.1 Å². The molecule has 0 radical (unpaired) electrons. The van der Waals surface area contributed by atoms with Gasteiger partial charge in [0.25, 0.3) is 5.91 Å². The predicted molar refractivity (Wildman–Crippen MR) is 154 cm³/mol. The van der Waals surface area contributed by atoms with Crippen molar-refractivity contribution in [1.29, 1.82) is 0 Å². The van der Waals surface area contributed by atoms with E-state index in [-0.39, 0.29) is 29.7 Å². The number of carbonyl (C=O) groups excluding carboxylic acids is 3. The van der Waals surface area contributed by atoms with Crippen LogP contribution in [-0.4, -0.2) is 77.5 Å². The Bertz CT molecular complexity index is 1230. The number of carbonyl (C=O) groups is 3. The van der Waals surface area contributed by atoms with Crippen molar-refractivity contribution in [2.24, 2.45) is 5.92 Å². The van der Waals surface area contributed by atoms with E-state index in [9.17, 15) is 14.4 Å². The monoisotopic (exact) mass is 593 g/mol. The standard InChI is InChI=1S/C29H34Cl3N3O4/c1-29(2,3)39-28(38)35-13-11-20(16-35)27(37)34-14-12-25(22(17-34)19-7-10-23(31)24(32)15-19)33(4)26(36)18-5-8-21(30)9-6-18/h5-10,15,20,22,25H,11-14,16-17H2,1-4H3/t20?,22-,25+/m0/s1. The molecule has 0 aliphatic carbocycles. The number of ether oxygens (including phenoxy) is 1. The van der Waals surface area contributed by atoms with Crippen molar-refractivity contribution in [2.75, 3.05) is 33.2 Å². The number of likely N-dealkylation sites (N-methyl/N-ethyl adjacent to an activating group) is 1. The summed E-state index contributed by atoms with van der Waals surface area (Å²) in [5, 5.41) is 1.43. The van der Waals surface area contributed by atoms with Gasteiger partial charge in [-0.05, 0) is 75.6 Å². The van der Waals surface area contributed by atoms with Gasteiger partial charge in [0, 0.05) is 55.8 Å². The van der Waals surface area contributed by atoms with Crippen molar-refractivity contribution >= 4 is 52.7 Å². The SMILES string of the molecule is CN(C(=O)c1ccc(Cl)cc1)[C@@H]1CCN(C(=O)C2CCN(C(=O)OC(C)(C)C)C2)C[C@H]1c1ccc(Cl)c(Cl)c1. The first-order chi connectivity index (χ1) is 18.3. The number of amides is 3. The van der Waals surface area contributed by atoms with Gasteiger partial charge in [-0.2, -0.15) is 0 Å². The van der Waals surface area contributed by atoms with Crippen LogP contribution in [0.5, 0.6) is 0 Å². The van der Waals surface area contributed by atoms with Gasteiger partial charge in [-0.3, -0.25) is 9.59 Å². The molecule has 3 atom stereocenters. The lowest BCUT2D eigenvalue weighted by molar-refractivity contribution is -0.137. The molecule has 2 aliphatic heterocycles. The summed E-state index contributed by atoms with van der Waals surface area (Å²) < 4.78 is 5.49. The molecular formula is C29H34Cl3N3O4. The number of likely N-dealkylation sites (tertiary alicyclic amines) is 2. The number of nitrogens with zero attached hydrogens (tertiary/aromatic N) is 3. The van der Waals surface area contributed by atoms with Gasteiger partial charge < -0.3 is 19.4 Å². The molecule has 10 heteroatoms. The van der Waals surface area contributed by atoms with Gasteiger partial charge in [0.2, 0.25) is 5.91 Å². The highest BCUT2D eigenvalue weighted by atomic mass is 35.5. The highest BCUT2D eigenvalue weighted by molar-refractivity contribution is 6.42. The fourth-order valence-electron chi connectivity index (χ4n) is 5.33. The van der Waals surface area contributed by atoms with E-state index in [0.29, 0.717) is 59.7 Å². The Balaban J connectivity index is 1.52. The second kappa shape index (κ2) is 11.9. The Labute approximate surface area is 244 Å². The number of piperidine rings is 1. The summed E-state index contributed by atoms with van der Waals surface area (Å²) in [6.07, 6.45) is 0.784. The summed E-state index contributed by atoms with van der Waals surface area (Å²) >= 11 is 18.6. The number of benzene rings is 2.